The van der Waals surface area contributed by atoms with E-state index in [0.29, 0.717) is 23.5 Å². The van der Waals surface area contributed by atoms with Gasteiger partial charge < -0.3 is 5.43 Å². The van der Waals surface area contributed by atoms with Crippen molar-refractivity contribution in [3.63, 3.8) is 0 Å². The predicted octanol–water partition coefficient (Wildman–Crippen LogP) is 1.55. The number of nitrogens with zero attached hydrogens (tertiary/aromatic N) is 2. The molecule has 0 radical (unpaired) electrons. The number of hydrazine groups is 1. The van der Waals surface area contributed by atoms with E-state index >= 15 is 0 Å². The lowest BCUT2D eigenvalue weighted by atomic mass is 10.4. The van der Waals surface area contributed by atoms with Crippen LogP contribution in [0.15, 0.2) is 21.6 Å². The fourth-order valence-corrected chi connectivity index (χ4v) is 3.99. The van der Waals surface area contributed by atoms with Crippen LogP contribution in [0.1, 0.15) is 19.8 Å². The van der Waals surface area contributed by atoms with Gasteiger partial charge >= 0.3 is 0 Å². The number of halogens is 1. The standard InChI is InChI=1S/C11H17BrN4O2S/c1-2-16(7-8-3-4-8)19(17,18)10-5-9(12)6-14-11(10)15-13/h5-6,8H,2-4,7,13H2,1H3,(H,14,15). The number of aromatic nitrogens is 1. The molecule has 1 aliphatic carbocycles. The first-order chi connectivity index (χ1) is 8.98. The molecule has 0 unspecified atom stereocenters. The van der Waals surface area contributed by atoms with Crippen molar-refractivity contribution in [3.05, 3.63) is 16.7 Å². The summed E-state index contributed by atoms with van der Waals surface area (Å²) in [7, 11) is -3.57. The quantitative estimate of drug-likeness (QED) is 0.601. The van der Waals surface area contributed by atoms with Gasteiger partial charge in [-0.2, -0.15) is 4.31 Å². The number of nitrogen functional groups attached to an aromatic ring is 1. The second-order valence-corrected chi connectivity index (χ2v) is 7.37. The van der Waals surface area contributed by atoms with Crippen LogP contribution >= 0.6 is 15.9 Å². The molecule has 0 atom stereocenters. The summed E-state index contributed by atoms with van der Waals surface area (Å²) in [5.41, 5.74) is 2.34. The first-order valence-corrected chi connectivity index (χ1v) is 8.34. The van der Waals surface area contributed by atoms with Crippen LogP contribution in [0.4, 0.5) is 5.82 Å². The fraction of sp³-hybridized carbons (Fsp3) is 0.545. The van der Waals surface area contributed by atoms with Crippen LogP contribution in [0.2, 0.25) is 0 Å². The summed E-state index contributed by atoms with van der Waals surface area (Å²) < 4.78 is 27.3. The molecule has 106 valence electrons. The van der Waals surface area contributed by atoms with Crippen LogP contribution in [0.5, 0.6) is 0 Å². The molecule has 0 amide bonds. The van der Waals surface area contributed by atoms with E-state index in [1.165, 1.54) is 16.6 Å². The molecule has 0 aromatic carbocycles. The van der Waals surface area contributed by atoms with Crippen LogP contribution in [0, 0.1) is 5.92 Å². The summed E-state index contributed by atoms with van der Waals surface area (Å²) >= 11 is 3.24. The molecule has 0 saturated heterocycles. The SMILES string of the molecule is CCN(CC1CC1)S(=O)(=O)c1cc(Br)cnc1NN. The molecule has 0 aliphatic heterocycles. The Labute approximate surface area is 121 Å². The van der Waals surface area contributed by atoms with E-state index in [9.17, 15) is 8.42 Å². The lowest BCUT2D eigenvalue weighted by molar-refractivity contribution is 0.412. The lowest BCUT2D eigenvalue weighted by Crippen LogP contribution is -2.33. The minimum Gasteiger partial charge on any atom is -0.307 e. The van der Waals surface area contributed by atoms with E-state index in [0.717, 1.165) is 12.8 Å². The van der Waals surface area contributed by atoms with Gasteiger partial charge in [0, 0.05) is 23.8 Å². The van der Waals surface area contributed by atoms with Gasteiger partial charge in [-0.05, 0) is 40.8 Å². The second-order valence-electron chi connectivity index (χ2n) is 4.54. The molecule has 1 fully saturated rings. The maximum absolute atomic E-state index is 12.6. The molecule has 19 heavy (non-hydrogen) atoms. The third kappa shape index (κ3) is 3.25. The van der Waals surface area contributed by atoms with Gasteiger partial charge in [0.2, 0.25) is 10.0 Å². The average Bonchev–Trinajstić information content (AvgIpc) is 3.19. The summed E-state index contributed by atoms with van der Waals surface area (Å²) in [5, 5.41) is 0. The zero-order chi connectivity index (χ0) is 14.0. The Bertz CT molecular complexity index is 560. The average molecular weight is 349 g/mol. The lowest BCUT2D eigenvalue weighted by Gasteiger charge is -2.21. The molecule has 1 aliphatic rings. The highest BCUT2D eigenvalue weighted by Gasteiger charge is 2.32. The van der Waals surface area contributed by atoms with Crippen molar-refractivity contribution >= 4 is 31.8 Å². The fourth-order valence-electron chi connectivity index (χ4n) is 1.85. The molecule has 3 N–H and O–H groups in total. The van der Waals surface area contributed by atoms with Crippen molar-refractivity contribution in [2.75, 3.05) is 18.5 Å². The van der Waals surface area contributed by atoms with Gasteiger partial charge in [0.1, 0.15) is 4.90 Å². The minimum absolute atomic E-state index is 0.104. The van der Waals surface area contributed by atoms with Crippen LogP contribution < -0.4 is 11.3 Å². The third-order valence-corrected chi connectivity index (χ3v) is 5.47. The number of hydrogen-bond acceptors (Lipinski definition) is 5. The summed E-state index contributed by atoms with van der Waals surface area (Å²) in [6.45, 7) is 2.84. The topological polar surface area (TPSA) is 88.3 Å². The van der Waals surface area contributed by atoms with Gasteiger partial charge in [0.15, 0.2) is 5.82 Å². The van der Waals surface area contributed by atoms with Gasteiger partial charge in [0.05, 0.1) is 0 Å². The Morgan fingerprint density at radius 3 is 2.79 bits per heavy atom. The third-order valence-electron chi connectivity index (χ3n) is 3.09. The molecule has 0 spiro atoms. The number of sulfonamides is 1. The van der Waals surface area contributed by atoms with E-state index < -0.39 is 10.0 Å². The highest BCUT2D eigenvalue weighted by Crippen LogP contribution is 2.32. The number of hydrogen-bond donors (Lipinski definition) is 2. The molecule has 1 aromatic heterocycles. The minimum atomic E-state index is -3.57. The van der Waals surface area contributed by atoms with Crippen LogP contribution in [0.25, 0.3) is 0 Å². The number of nitrogens with two attached hydrogens (primary N) is 1. The molecule has 6 nitrogen and oxygen atoms in total. The summed E-state index contributed by atoms with van der Waals surface area (Å²) in [5.74, 6) is 6.00. The highest BCUT2D eigenvalue weighted by molar-refractivity contribution is 9.10. The van der Waals surface area contributed by atoms with E-state index in [2.05, 4.69) is 26.3 Å². The largest absolute Gasteiger partial charge is 0.307 e. The van der Waals surface area contributed by atoms with Gasteiger partial charge in [-0.15, -0.1) is 0 Å². The monoisotopic (exact) mass is 348 g/mol. The van der Waals surface area contributed by atoms with Crippen molar-refractivity contribution in [1.29, 1.82) is 0 Å². The smallest absolute Gasteiger partial charge is 0.246 e. The van der Waals surface area contributed by atoms with Crippen molar-refractivity contribution in [2.45, 2.75) is 24.7 Å². The Hall–Kier alpha value is -0.700. The van der Waals surface area contributed by atoms with Gasteiger partial charge in [-0.1, -0.05) is 6.92 Å². The Morgan fingerprint density at radius 2 is 2.26 bits per heavy atom. The number of rotatable bonds is 6. The van der Waals surface area contributed by atoms with E-state index in [1.807, 2.05) is 6.92 Å². The van der Waals surface area contributed by atoms with Gasteiger partial charge in [-0.3, -0.25) is 0 Å². The zero-order valence-electron chi connectivity index (χ0n) is 10.6. The molecular weight excluding hydrogens is 332 g/mol. The molecular formula is C11H17BrN4O2S. The predicted molar refractivity (Wildman–Crippen MR) is 76.9 cm³/mol. The highest BCUT2D eigenvalue weighted by atomic mass is 79.9. The van der Waals surface area contributed by atoms with Crippen molar-refractivity contribution in [3.8, 4) is 0 Å². The zero-order valence-corrected chi connectivity index (χ0v) is 13.0. The van der Waals surface area contributed by atoms with E-state index in [-0.39, 0.29) is 10.7 Å². The Morgan fingerprint density at radius 1 is 1.58 bits per heavy atom. The first-order valence-electron chi connectivity index (χ1n) is 6.11. The van der Waals surface area contributed by atoms with E-state index in [4.69, 9.17) is 5.84 Å². The van der Waals surface area contributed by atoms with Crippen molar-refractivity contribution in [1.82, 2.24) is 9.29 Å². The molecule has 1 aromatic rings. The van der Waals surface area contributed by atoms with Crippen molar-refractivity contribution < 1.29 is 8.42 Å². The molecule has 1 heterocycles. The molecule has 2 rings (SSSR count). The first kappa shape index (κ1) is 14.7. The Balaban J connectivity index is 2.38. The normalized spacial score (nSPS) is 15.8. The number of nitrogens with one attached hydrogen (secondary N) is 1. The summed E-state index contributed by atoms with van der Waals surface area (Å²) in [6, 6.07) is 1.52. The Kier molecular flexibility index (Phi) is 4.44. The molecule has 1 saturated carbocycles. The van der Waals surface area contributed by atoms with Crippen molar-refractivity contribution in [2.24, 2.45) is 11.8 Å². The van der Waals surface area contributed by atoms with Gasteiger partial charge in [0.25, 0.3) is 0 Å². The van der Waals surface area contributed by atoms with Gasteiger partial charge in [-0.25, -0.2) is 19.2 Å². The second kappa shape index (κ2) is 5.74. The van der Waals surface area contributed by atoms with E-state index in [1.54, 1.807) is 0 Å². The molecule has 0 bridgehead atoms. The molecule has 8 heteroatoms. The van der Waals surface area contributed by atoms with Crippen LogP contribution in [-0.4, -0.2) is 30.8 Å². The summed E-state index contributed by atoms with van der Waals surface area (Å²) in [4.78, 5) is 4.09. The maximum atomic E-state index is 12.6. The maximum Gasteiger partial charge on any atom is 0.246 e. The van der Waals surface area contributed by atoms with Crippen LogP contribution in [0.3, 0.4) is 0 Å². The number of anilines is 1. The summed E-state index contributed by atoms with van der Waals surface area (Å²) in [6.07, 6.45) is 3.71. The number of pyridine rings is 1. The van der Waals surface area contributed by atoms with Crippen LogP contribution in [-0.2, 0) is 10.0 Å².